The molecule has 2 rings (SSSR count). The molecule has 1 heterocycles. The van der Waals surface area contributed by atoms with Crippen LogP contribution < -0.4 is 5.56 Å². The Morgan fingerprint density at radius 2 is 2.05 bits per heavy atom. The zero-order chi connectivity index (χ0) is 14.9. The third-order valence-corrected chi connectivity index (χ3v) is 3.85. The number of aromatic nitrogens is 3. The summed E-state index contributed by atoms with van der Waals surface area (Å²) in [5.41, 5.74) is 0.558. The van der Waals surface area contributed by atoms with Crippen molar-refractivity contribution in [3.63, 3.8) is 0 Å². The first kappa shape index (κ1) is 15.1. The van der Waals surface area contributed by atoms with Crippen LogP contribution in [-0.4, -0.2) is 26.2 Å². The summed E-state index contributed by atoms with van der Waals surface area (Å²) < 4.78 is 2.18. The van der Waals surface area contributed by atoms with Gasteiger partial charge in [0.05, 0.1) is 15.2 Å². The Bertz CT molecular complexity index is 790. The fraction of sp³-hybridized carbons (Fsp3) is 0.0909. The average Bonchev–Trinajstić information content (AvgIpc) is 2.40. The summed E-state index contributed by atoms with van der Waals surface area (Å²) in [6.07, 6.45) is 1.46. The van der Waals surface area contributed by atoms with Crippen LogP contribution in [0, 0.1) is 11.7 Å². The maximum Gasteiger partial charge on any atom is 0.296 e. The number of hydrogen-bond donors (Lipinski definition) is 2. The molecule has 0 aliphatic heterocycles. The van der Waals surface area contributed by atoms with Gasteiger partial charge in [-0.25, -0.2) is 0 Å². The van der Waals surface area contributed by atoms with Gasteiger partial charge in [0.25, 0.3) is 5.56 Å². The molecule has 1 aromatic heterocycles. The molecule has 0 bridgehead atoms. The third kappa shape index (κ3) is 3.05. The second kappa shape index (κ2) is 5.98. The molecule has 2 N–H and O–H groups in total. The van der Waals surface area contributed by atoms with E-state index in [2.05, 4.69) is 47.2 Å². The van der Waals surface area contributed by atoms with Gasteiger partial charge in [-0.2, -0.15) is 14.9 Å². The van der Waals surface area contributed by atoms with Crippen molar-refractivity contribution in [1.82, 2.24) is 14.9 Å². The summed E-state index contributed by atoms with van der Waals surface area (Å²) in [6, 6.07) is 3.32. The molecule has 0 aliphatic carbocycles. The molecule has 0 unspecified atom stereocenters. The number of aryl methyl sites for hydroxylation is 1. The van der Waals surface area contributed by atoms with Crippen molar-refractivity contribution in [3.8, 4) is 5.75 Å². The van der Waals surface area contributed by atoms with Gasteiger partial charge in [0.15, 0.2) is 0 Å². The van der Waals surface area contributed by atoms with Crippen molar-refractivity contribution in [2.24, 2.45) is 5.10 Å². The third-order valence-electron chi connectivity index (χ3n) is 2.37. The highest BCUT2D eigenvalue weighted by Gasteiger charge is 2.05. The maximum absolute atomic E-state index is 11.8. The Labute approximate surface area is 135 Å². The predicted octanol–water partition coefficient (Wildman–Crippen LogP) is 2.72. The number of aromatic hydroxyl groups is 1. The molecule has 9 heteroatoms. The normalized spacial score (nSPS) is 11.2. The van der Waals surface area contributed by atoms with Gasteiger partial charge in [-0.05, 0) is 68.7 Å². The first-order valence-corrected chi connectivity index (χ1v) is 7.30. The van der Waals surface area contributed by atoms with Gasteiger partial charge in [-0.3, -0.25) is 9.89 Å². The fourth-order valence-electron chi connectivity index (χ4n) is 1.36. The lowest BCUT2D eigenvalue weighted by molar-refractivity contribution is 0.468. The van der Waals surface area contributed by atoms with Crippen LogP contribution in [0.5, 0.6) is 5.75 Å². The Balaban J connectivity index is 2.48. The Morgan fingerprint density at radius 3 is 2.65 bits per heavy atom. The average molecular weight is 420 g/mol. The molecular weight excluding hydrogens is 412 g/mol. The van der Waals surface area contributed by atoms with Gasteiger partial charge in [0.1, 0.15) is 11.4 Å². The van der Waals surface area contributed by atoms with E-state index in [-0.39, 0.29) is 21.8 Å². The number of aromatic amines is 1. The second-order valence-corrected chi connectivity index (χ2v) is 5.90. The van der Waals surface area contributed by atoms with Gasteiger partial charge < -0.3 is 5.11 Å². The van der Waals surface area contributed by atoms with Crippen molar-refractivity contribution in [3.05, 3.63) is 47.5 Å². The van der Waals surface area contributed by atoms with Crippen LogP contribution in [0.4, 0.5) is 0 Å². The quantitative estimate of drug-likeness (QED) is 0.579. The van der Waals surface area contributed by atoms with E-state index < -0.39 is 0 Å². The first-order chi connectivity index (χ1) is 9.40. The van der Waals surface area contributed by atoms with Crippen LogP contribution in [0.25, 0.3) is 0 Å². The minimum absolute atomic E-state index is 0.0939. The van der Waals surface area contributed by atoms with E-state index in [1.54, 1.807) is 19.1 Å². The van der Waals surface area contributed by atoms with E-state index in [0.717, 1.165) is 4.68 Å². The van der Waals surface area contributed by atoms with Crippen LogP contribution >= 0.6 is 44.1 Å². The Kier molecular flexibility index (Phi) is 4.51. The minimum Gasteiger partial charge on any atom is -0.506 e. The number of phenols is 1. The van der Waals surface area contributed by atoms with Gasteiger partial charge in [-0.1, -0.05) is 0 Å². The number of nitrogens with one attached hydrogen (secondary N) is 1. The van der Waals surface area contributed by atoms with Crippen molar-refractivity contribution in [2.75, 3.05) is 0 Å². The van der Waals surface area contributed by atoms with E-state index in [4.69, 9.17) is 12.2 Å². The van der Waals surface area contributed by atoms with E-state index in [0.29, 0.717) is 14.5 Å². The molecular formula is C11H8Br2N4O2S. The number of rotatable bonds is 2. The Hall–Kier alpha value is -1.32. The second-order valence-electron chi connectivity index (χ2n) is 3.81. The van der Waals surface area contributed by atoms with Gasteiger partial charge in [-0.15, -0.1) is 0 Å². The Morgan fingerprint density at radius 1 is 1.45 bits per heavy atom. The van der Waals surface area contributed by atoms with Crippen LogP contribution in [0.3, 0.4) is 0 Å². The molecule has 0 saturated carbocycles. The molecule has 0 radical (unpaired) electrons. The van der Waals surface area contributed by atoms with Crippen molar-refractivity contribution < 1.29 is 5.11 Å². The molecule has 20 heavy (non-hydrogen) atoms. The highest BCUT2D eigenvalue weighted by atomic mass is 79.9. The number of phenolic OH excluding ortho intramolecular Hbond substituents is 1. The zero-order valence-corrected chi connectivity index (χ0v) is 14.1. The summed E-state index contributed by atoms with van der Waals surface area (Å²) in [7, 11) is 0. The van der Waals surface area contributed by atoms with E-state index >= 15 is 0 Å². The minimum atomic E-state index is -0.387. The fourth-order valence-corrected chi connectivity index (χ4v) is 2.76. The number of hydrogen-bond acceptors (Lipinski definition) is 5. The van der Waals surface area contributed by atoms with Crippen molar-refractivity contribution >= 4 is 50.3 Å². The lowest BCUT2D eigenvalue weighted by Gasteiger charge is -2.02. The zero-order valence-electron chi connectivity index (χ0n) is 10.1. The molecule has 0 saturated heterocycles. The molecule has 2 aromatic rings. The summed E-state index contributed by atoms with van der Waals surface area (Å²) in [5.74, 6) is 0.0939. The van der Waals surface area contributed by atoms with Crippen molar-refractivity contribution in [1.29, 1.82) is 0 Å². The highest BCUT2D eigenvalue weighted by Crippen LogP contribution is 2.32. The van der Waals surface area contributed by atoms with Crippen LogP contribution in [0.1, 0.15) is 11.3 Å². The van der Waals surface area contributed by atoms with Crippen LogP contribution in [0.2, 0.25) is 0 Å². The summed E-state index contributed by atoms with van der Waals surface area (Å²) in [6.45, 7) is 1.56. The monoisotopic (exact) mass is 418 g/mol. The summed E-state index contributed by atoms with van der Waals surface area (Å²) in [4.78, 5) is 11.8. The number of H-pyrrole nitrogens is 1. The molecule has 0 spiro atoms. The van der Waals surface area contributed by atoms with E-state index in [1.165, 1.54) is 6.21 Å². The molecule has 1 aromatic carbocycles. The smallest absolute Gasteiger partial charge is 0.296 e. The molecule has 0 atom stereocenters. The van der Waals surface area contributed by atoms with Gasteiger partial charge in [0.2, 0.25) is 4.77 Å². The van der Waals surface area contributed by atoms with Crippen molar-refractivity contribution in [2.45, 2.75) is 6.92 Å². The van der Waals surface area contributed by atoms with Crippen LogP contribution in [0.15, 0.2) is 31.0 Å². The lowest BCUT2D eigenvalue weighted by Crippen LogP contribution is -2.22. The maximum atomic E-state index is 11.8. The molecule has 104 valence electrons. The van der Waals surface area contributed by atoms with Crippen LogP contribution in [-0.2, 0) is 0 Å². The molecule has 0 amide bonds. The molecule has 0 aliphatic rings. The van der Waals surface area contributed by atoms with Gasteiger partial charge >= 0.3 is 0 Å². The SMILES string of the molecule is Cc1n[nH]c(=S)n(/N=C\c2cc(Br)c(O)c(Br)c2)c1=O. The van der Waals surface area contributed by atoms with E-state index in [9.17, 15) is 9.90 Å². The number of halogens is 2. The topological polar surface area (TPSA) is 83.3 Å². The standard InChI is InChI=1S/C11H8Br2N4O2S/c1-5-10(19)17(11(20)16-15-5)14-4-6-2-7(12)9(18)8(13)3-6/h2-4,18H,1H3,(H,16,20)/b14-4-. The first-order valence-electron chi connectivity index (χ1n) is 5.31. The molecule has 0 fully saturated rings. The summed E-state index contributed by atoms with van der Waals surface area (Å²) >= 11 is 11.4. The van der Waals surface area contributed by atoms with E-state index in [1.807, 2.05) is 0 Å². The lowest BCUT2D eigenvalue weighted by atomic mass is 10.2. The number of benzene rings is 1. The van der Waals surface area contributed by atoms with Gasteiger partial charge in [0, 0.05) is 0 Å². The highest BCUT2D eigenvalue weighted by molar-refractivity contribution is 9.11. The number of nitrogens with zero attached hydrogens (tertiary/aromatic N) is 3. The molecule has 6 nitrogen and oxygen atoms in total. The predicted molar refractivity (Wildman–Crippen MR) is 84.9 cm³/mol. The largest absolute Gasteiger partial charge is 0.506 e. The summed E-state index contributed by atoms with van der Waals surface area (Å²) in [5, 5.41) is 19.9.